The van der Waals surface area contributed by atoms with Crippen molar-refractivity contribution in [3.05, 3.63) is 59.4 Å². The quantitative estimate of drug-likeness (QED) is 0.372. The van der Waals surface area contributed by atoms with Gasteiger partial charge in [-0.2, -0.15) is 13.2 Å². The molecule has 0 aliphatic heterocycles. The van der Waals surface area contributed by atoms with E-state index in [1.165, 1.54) is 30.3 Å². The van der Waals surface area contributed by atoms with Gasteiger partial charge >= 0.3 is 12.2 Å². The maximum atomic E-state index is 14.4. The standard InChI is InChI=1S/C23H21F6N3O2/c24-14-3-1-12(2-4-14)20-19(16-7-15(25)8-17(26)21(16)32-20)13-5-11(6-13)9-30-22(34)31-10-18(33)23(27,28)29/h1-4,7-8,11,13,18,32-33H,5-6,9-10H2,(H2,30,31,34)/t11?,13?,18-/m0/s1. The third kappa shape index (κ3) is 4.98. The molecule has 0 spiro atoms. The van der Waals surface area contributed by atoms with Crippen molar-refractivity contribution in [2.75, 3.05) is 13.1 Å². The van der Waals surface area contributed by atoms with Gasteiger partial charge in [0.25, 0.3) is 0 Å². The SMILES string of the molecule is O=C(NCC1CC(c2c(-c3ccc(F)cc3)[nH]c3c(F)cc(F)cc23)C1)NC[C@H](O)C(F)(F)F. The first kappa shape index (κ1) is 23.9. The predicted molar refractivity (Wildman–Crippen MR) is 113 cm³/mol. The number of fused-ring (bicyclic) bond motifs is 1. The van der Waals surface area contributed by atoms with Crippen molar-refractivity contribution in [2.24, 2.45) is 5.92 Å². The van der Waals surface area contributed by atoms with E-state index in [1.54, 1.807) is 0 Å². The molecule has 1 fully saturated rings. The number of aliphatic hydroxyl groups is 1. The molecule has 1 aromatic heterocycles. The summed E-state index contributed by atoms with van der Waals surface area (Å²) in [5.41, 5.74) is 1.99. The molecule has 1 aliphatic rings. The number of aliphatic hydroxyl groups excluding tert-OH is 1. The van der Waals surface area contributed by atoms with Gasteiger partial charge in [-0.3, -0.25) is 0 Å². The molecule has 11 heteroatoms. The molecular weight excluding hydrogens is 464 g/mol. The van der Waals surface area contributed by atoms with E-state index in [0.717, 1.165) is 6.07 Å². The lowest BCUT2D eigenvalue weighted by Gasteiger charge is -2.36. The summed E-state index contributed by atoms with van der Waals surface area (Å²) >= 11 is 0. The lowest BCUT2D eigenvalue weighted by atomic mass is 9.70. The molecule has 3 aromatic rings. The Bertz CT molecular complexity index is 1190. The Morgan fingerprint density at radius 3 is 2.38 bits per heavy atom. The highest BCUT2D eigenvalue weighted by atomic mass is 19.4. The molecule has 2 amide bonds. The molecular formula is C23H21F6N3O2. The summed E-state index contributed by atoms with van der Waals surface area (Å²) in [6.45, 7) is -0.780. The number of urea groups is 1. The van der Waals surface area contributed by atoms with Crippen LogP contribution >= 0.6 is 0 Å². The van der Waals surface area contributed by atoms with Crippen molar-refractivity contribution >= 4 is 16.9 Å². The normalized spacial score (nSPS) is 19.0. The van der Waals surface area contributed by atoms with Gasteiger partial charge < -0.3 is 20.7 Å². The second-order valence-corrected chi connectivity index (χ2v) is 8.41. The number of halogens is 6. The maximum Gasteiger partial charge on any atom is 0.416 e. The number of alkyl halides is 3. The number of nitrogens with one attached hydrogen (secondary N) is 3. The second kappa shape index (κ2) is 9.21. The summed E-state index contributed by atoms with van der Waals surface area (Å²) in [5.74, 6) is -2.02. The van der Waals surface area contributed by atoms with Crippen LogP contribution in [0.2, 0.25) is 0 Å². The summed E-state index contributed by atoms with van der Waals surface area (Å²) in [5, 5.41) is 13.7. The van der Waals surface area contributed by atoms with E-state index in [0.29, 0.717) is 35.0 Å². The van der Waals surface area contributed by atoms with Crippen LogP contribution in [0.5, 0.6) is 0 Å². The number of amides is 2. The fraction of sp³-hybridized carbons (Fsp3) is 0.348. The molecule has 1 saturated carbocycles. The number of carbonyl (C=O) groups excluding carboxylic acids is 1. The van der Waals surface area contributed by atoms with Gasteiger partial charge in [0, 0.05) is 18.0 Å². The first-order valence-electron chi connectivity index (χ1n) is 10.6. The van der Waals surface area contributed by atoms with Crippen molar-refractivity contribution in [2.45, 2.75) is 31.0 Å². The van der Waals surface area contributed by atoms with E-state index >= 15 is 0 Å². The van der Waals surface area contributed by atoms with E-state index in [2.05, 4.69) is 10.3 Å². The number of rotatable bonds is 6. The minimum absolute atomic E-state index is 0.00675. The summed E-state index contributed by atoms with van der Waals surface area (Å²) in [7, 11) is 0. The number of benzene rings is 2. The van der Waals surface area contributed by atoms with Crippen LogP contribution in [0.1, 0.15) is 24.3 Å². The van der Waals surface area contributed by atoms with E-state index < -0.39 is 42.3 Å². The first-order chi connectivity index (χ1) is 16.0. The van der Waals surface area contributed by atoms with Gasteiger partial charge in [0.2, 0.25) is 0 Å². The molecule has 5 nitrogen and oxygen atoms in total. The summed E-state index contributed by atoms with van der Waals surface area (Å²) < 4.78 is 78.7. The molecule has 0 bridgehead atoms. The average molecular weight is 485 g/mol. The number of aromatic nitrogens is 1. The number of hydrogen-bond donors (Lipinski definition) is 4. The molecule has 0 unspecified atom stereocenters. The molecule has 182 valence electrons. The molecule has 1 aliphatic carbocycles. The Balaban J connectivity index is 1.45. The zero-order chi connectivity index (χ0) is 24.6. The van der Waals surface area contributed by atoms with E-state index in [4.69, 9.17) is 5.11 Å². The summed E-state index contributed by atoms with van der Waals surface area (Å²) in [6, 6.07) is 6.79. The van der Waals surface area contributed by atoms with Gasteiger partial charge in [-0.1, -0.05) is 0 Å². The number of H-pyrrole nitrogens is 1. The van der Waals surface area contributed by atoms with Gasteiger partial charge in [-0.15, -0.1) is 0 Å². The van der Waals surface area contributed by atoms with Crippen LogP contribution in [0.3, 0.4) is 0 Å². The highest BCUT2D eigenvalue weighted by molar-refractivity contribution is 5.92. The number of hydrogen-bond acceptors (Lipinski definition) is 2. The number of carbonyl (C=O) groups is 1. The topological polar surface area (TPSA) is 77.2 Å². The fourth-order valence-corrected chi connectivity index (χ4v) is 4.25. The van der Waals surface area contributed by atoms with E-state index in [1.807, 2.05) is 5.32 Å². The Morgan fingerprint density at radius 1 is 1.06 bits per heavy atom. The minimum Gasteiger partial charge on any atom is -0.382 e. The number of aromatic amines is 1. The van der Waals surface area contributed by atoms with Crippen molar-refractivity contribution in [3.8, 4) is 11.3 Å². The van der Waals surface area contributed by atoms with Crippen LogP contribution in [0.25, 0.3) is 22.2 Å². The first-order valence-corrected chi connectivity index (χ1v) is 10.6. The zero-order valence-corrected chi connectivity index (χ0v) is 17.6. The van der Waals surface area contributed by atoms with Crippen LogP contribution < -0.4 is 10.6 Å². The molecule has 4 N–H and O–H groups in total. The van der Waals surface area contributed by atoms with Gasteiger partial charge in [0.05, 0.1) is 17.8 Å². The van der Waals surface area contributed by atoms with Gasteiger partial charge in [0.15, 0.2) is 6.10 Å². The third-order valence-corrected chi connectivity index (χ3v) is 6.03. The second-order valence-electron chi connectivity index (χ2n) is 8.41. The van der Waals surface area contributed by atoms with Crippen LogP contribution in [0.4, 0.5) is 31.1 Å². The molecule has 1 heterocycles. The highest BCUT2D eigenvalue weighted by Crippen LogP contribution is 2.48. The van der Waals surface area contributed by atoms with Gasteiger partial charge in [-0.05, 0) is 66.1 Å². The molecule has 0 radical (unpaired) electrons. The Kier molecular flexibility index (Phi) is 6.48. The maximum absolute atomic E-state index is 14.4. The summed E-state index contributed by atoms with van der Waals surface area (Å²) in [4.78, 5) is 14.7. The fourth-order valence-electron chi connectivity index (χ4n) is 4.25. The lowest BCUT2D eigenvalue weighted by molar-refractivity contribution is -0.201. The minimum atomic E-state index is -4.82. The van der Waals surface area contributed by atoms with E-state index in [9.17, 15) is 31.1 Å². The largest absolute Gasteiger partial charge is 0.416 e. The Morgan fingerprint density at radius 2 is 1.74 bits per heavy atom. The Labute approximate surface area is 190 Å². The Hall–Kier alpha value is -3.21. The van der Waals surface area contributed by atoms with E-state index in [-0.39, 0.29) is 23.9 Å². The third-order valence-electron chi connectivity index (χ3n) is 6.03. The molecule has 4 rings (SSSR count). The monoisotopic (exact) mass is 485 g/mol. The highest BCUT2D eigenvalue weighted by Gasteiger charge is 2.38. The van der Waals surface area contributed by atoms with Crippen molar-refractivity contribution in [1.82, 2.24) is 15.6 Å². The molecule has 2 aromatic carbocycles. The summed E-state index contributed by atoms with van der Waals surface area (Å²) in [6.07, 6.45) is -6.36. The smallest absolute Gasteiger partial charge is 0.382 e. The van der Waals surface area contributed by atoms with Crippen molar-refractivity contribution in [3.63, 3.8) is 0 Å². The van der Waals surface area contributed by atoms with Gasteiger partial charge in [0.1, 0.15) is 17.5 Å². The van der Waals surface area contributed by atoms with Crippen LogP contribution in [-0.4, -0.2) is 41.5 Å². The molecule has 34 heavy (non-hydrogen) atoms. The average Bonchev–Trinajstić information content (AvgIpc) is 3.10. The zero-order valence-electron chi connectivity index (χ0n) is 17.6. The van der Waals surface area contributed by atoms with Crippen molar-refractivity contribution in [1.29, 1.82) is 0 Å². The van der Waals surface area contributed by atoms with Crippen LogP contribution in [-0.2, 0) is 0 Å². The predicted octanol–water partition coefficient (Wildman–Crippen LogP) is 4.97. The van der Waals surface area contributed by atoms with Gasteiger partial charge in [-0.25, -0.2) is 18.0 Å². The molecule has 1 atom stereocenters. The lowest BCUT2D eigenvalue weighted by Crippen LogP contribution is -2.46. The van der Waals surface area contributed by atoms with Crippen LogP contribution in [0, 0.1) is 23.4 Å². The molecule has 0 saturated heterocycles. The van der Waals surface area contributed by atoms with Crippen LogP contribution in [0.15, 0.2) is 36.4 Å². The van der Waals surface area contributed by atoms with Crippen molar-refractivity contribution < 1.29 is 36.2 Å².